The average Bonchev–Trinajstić information content (AvgIpc) is 2.76. The van der Waals surface area contributed by atoms with Crippen LogP contribution in [0.5, 0.6) is 0 Å². The maximum atomic E-state index is 12.2. The Morgan fingerprint density at radius 2 is 2.00 bits per heavy atom. The molecule has 0 N–H and O–H groups in total. The highest BCUT2D eigenvalue weighted by atomic mass is 32.1. The van der Waals surface area contributed by atoms with Crippen molar-refractivity contribution in [1.82, 2.24) is 4.98 Å². The molecule has 17 heavy (non-hydrogen) atoms. The number of thiazole rings is 1. The second-order valence-electron chi connectivity index (χ2n) is 4.04. The molecule has 0 amide bonds. The predicted octanol–water partition coefficient (Wildman–Crippen LogP) is 3.64. The van der Waals surface area contributed by atoms with Crippen LogP contribution in [-0.2, 0) is 6.42 Å². The molecule has 0 bridgehead atoms. The first-order valence-electron chi connectivity index (χ1n) is 5.76. The number of aryl methyl sites for hydroxylation is 2. The Kier molecular flexibility index (Phi) is 3.69. The van der Waals surface area contributed by atoms with Gasteiger partial charge in [-0.15, -0.1) is 11.3 Å². The minimum Gasteiger partial charge on any atom is -0.288 e. The van der Waals surface area contributed by atoms with Crippen molar-refractivity contribution in [3.8, 4) is 0 Å². The van der Waals surface area contributed by atoms with Gasteiger partial charge < -0.3 is 0 Å². The Labute approximate surface area is 105 Å². The Hall–Kier alpha value is -1.48. The van der Waals surface area contributed by atoms with E-state index in [9.17, 15) is 4.79 Å². The molecule has 0 atom stereocenters. The lowest BCUT2D eigenvalue weighted by atomic mass is 10.0. The number of hydrogen-bond acceptors (Lipinski definition) is 3. The van der Waals surface area contributed by atoms with Crippen LogP contribution in [0.1, 0.15) is 39.8 Å². The molecule has 0 aliphatic rings. The molecule has 2 aromatic rings. The monoisotopic (exact) mass is 245 g/mol. The van der Waals surface area contributed by atoms with Gasteiger partial charge in [-0.1, -0.05) is 37.6 Å². The topological polar surface area (TPSA) is 30.0 Å². The molecule has 0 aliphatic carbocycles. The molecular weight excluding hydrogens is 230 g/mol. The van der Waals surface area contributed by atoms with Crippen LogP contribution in [0.4, 0.5) is 0 Å². The number of benzene rings is 1. The van der Waals surface area contributed by atoms with Gasteiger partial charge in [-0.25, -0.2) is 4.98 Å². The third-order valence-corrected chi connectivity index (χ3v) is 3.63. The smallest absolute Gasteiger partial charge is 0.204 e. The Morgan fingerprint density at radius 3 is 2.53 bits per heavy atom. The molecular formula is C14H15NOS. The summed E-state index contributed by atoms with van der Waals surface area (Å²) in [5.41, 5.74) is 4.56. The third kappa shape index (κ3) is 2.61. The summed E-state index contributed by atoms with van der Waals surface area (Å²) in [4.78, 5) is 17.0. The van der Waals surface area contributed by atoms with Gasteiger partial charge in [-0.2, -0.15) is 0 Å². The van der Waals surface area contributed by atoms with Crippen molar-refractivity contribution in [3.05, 3.63) is 51.5 Å². The highest BCUT2D eigenvalue weighted by Gasteiger charge is 2.13. The molecule has 1 heterocycles. The molecule has 0 fully saturated rings. The van der Waals surface area contributed by atoms with Crippen LogP contribution in [0.2, 0.25) is 0 Å². The lowest BCUT2D eigenvalue weighted by Gasteiger charge is -2.02. The number of rotatable bonds is 4. The molecule has 2 nitrogen and oxygen atoms in total. The Balaban J connectivity index is 2.23. The molecule has 2 rings (SSSR count). The Morgan fingerprint density at radius 1 is 1.29 bits per heavy atom. The van der Waals surface area contributed by atoms with Crippen LogP contribution in [0, 0.1) is 6.92 Å². The van der Waals surface area contributed by atoms with E-state index in [1.54, 1.807) is 5.51 Å². The zero-order chi connectivity index (χ0) is 12.3. The summed E-state index contributed by atoms with van der Waals surface area (Å²) in [6.45, 7) is 4.02. The van der Waals surface area contributed by atoms with E-state index in [0.717, 1.165) is 29.0 Å². The first-order valence-corrected chi connectivity index (χ1v) is 6.64. The van der Waals surface area contributed by atoms with Gasteiger partial charge in [0.15, 0.2) is 0 Å². The number of nitrogens with zero attached hydrogens (tertiary/aromatic N) is 1. The fraction of sp³-hybridized carbons (Fsp3) is 0.286. The highest BCUT2D eigenvalue weighted by molar-refractivity contribution is 7.12. The van der Waals surface area contributed by atoms with E-state index in [2.05, 4.69) is 11.9 Å². The van der Waals surface area contributed by atoms with Crippen molar-refractivity contribution < 1.29 is 4.79 Å². The Bertz CT molecular complexity index is 513. The highest BCUT2D eigenvalue weighted by Crippen LogP contribution is 2.18. The van der Waals surface area contributed by atoms with Crippen LogP contribution in [-0.4, -0.2) is 10.8 Å². The van der Waals surface area contributed by atoms with Crippen molar-refractivity contribution in [2.75, 3.05) is 0 Å². The number of carbonyl (C=O) groups excluding carboxylic acids is 1. The zero-order valence-corrected chi connectivity index (χ0v) is 10.9. The van der Waals surface area contributed by atoms with Crippen molar-refractivity contribution in [2.45, 2.75) is 26.7 Å². The summed E-state index contributed by atoms with van der Waals surface area (Å²) >= 11 is 1.41. The van der Waals surface area contributed by atoms with Gasteiger partial charge in [-0.3, -0.25) is 4.79 Å². The van der Waals surface area contributed by atoms with E-state index in [4.69, 9.17) is 0 Å². The standard InChI is InChI=1S/C14H15NOS/c1-3-4-11-5-7-12(8-6-11)13(16)14-10(2)15-9-17-14/h5-9H,3-4H2,1-2H3. The summed E-state index contributed by atoms with van der Waals surface area (Å²) in [6.07, 6.45) is 2.19. The van der Waals surface area contributed by atoms with Gasteiger partial charge in [0.25, 0.3) is 0 Å². The summed E-state index contributed by atoms with van der Waals surface area (Å²) < 4.78 is 0. The van der Waals surface area contributed by atoms with E-state index >= 15 is 0 Å². The van der Waals surface area contributed by atoms with Crippen molar-refractivity contribution >= 4 is 17.1 Å². The lowest BCUT2D eigenvalue weighted by Crippen LogP contribution is -2.01. The van der Waals surface area contributed by atoms with E-state index < -0.39 is 0 Å². The molecule has 1 aromatic heterocycles. The van der Waals surface area contributed by atoms with Crippen LogP contribution in [0.3, 0.4) is 0 Å². The van der Waals surface area contributed by atoms with E-state index in [1.807, 2.05) is 31.2 Å². The molecule has 0 saturated carbocycles. The summed E-state index contributed by atoms with van der Waals surface area (Å²) in [6, 6.07) is 7.89. The van der Waals surface area contributed by atoms with Gasteiger partial charge in [0.1, 0.15) is 0 Å². The summed E-state index contributed by atoms with van der Waals surface area (Å²) in [7, 11) is 0. The van der Waals surface area contributed by atoms with E-state index in [-0.39, 0.29) is 5.78 Å². The minimum absolute atomic E-state index is 0.0769. The second-order valence-corrected chi connectivity index (χ2v) is 4.90. The predicted molar refractivity (Wildman–Crippen MR) is 70.7 cm³/mol. The van der Waals surface area contributed by atoms with E-state index in [0.29, 0.717) is 0 Å². The van der Waals surface area contributed by atoms with Crippen LogP contribution in [0.15, 0.2) is 29.8 Å². The zero-order valence-electron chi connectivity index (χ0n) is 10.1. The number of ketones is 1. The fourth-order valence-electron chi connectivity index (χ4n) is 1.76. The van der Waals surface area contributed by atoms with Gasteiger partial charge in [0.2, 0.25) is 5.78 Å². The molecule has 0 spiro atoms. The van der Waals surface area contributed by atoms with Crippen LogP contribution < -0.4 is 0 Å². The largest absolute Gasteiger partial charge is 0.288 e. The van der Waals surface area contributed by atoms with Gasteiger partial charge in [0, 0.05) is 5.56 Å². The van der Waals surface area contributed by atoms with Crippen LogP contribution in [0.25, 0.3) is 0 Å². The third-order valence-electron chi connectivity index (χ3n) is 2.71. The first-order chi connectivity index (χ1) is 8.22. The average molecular weight is 245 g/mol. The molecule has 88 valence electrons. The number of aromatic nitrogens is 1. The first kappa shape index (κ1) is 12.0. The van der Waals surface area contributed by atoms with Crippen molar-refractivity contribution in [1.29, 1.82) is 0 Å². The van der Waals surface area contributed by atoms with Gasteiger partial charge >= 0.3 is 0 Å². The fourth-order valence-corrected chi connectivity index (χ4v) is 2.53. The number of carbonyl (C=O) groups is 1. The number of hydrogen-bond donors (Lipinski definition) is 0. The molecule has 1 aromatic carbocycles. The molecule has 0 unspecified atom stereocenters. The van der Waals surface area contributed by atoms with Gasteiger partial charge in [-0.05, 0) is 18.9 Å². The molecule has 0 saturated heterocycles. The molecule has 0 aliphatic heterocycles. The van der Waals surface area contributed by atoms with Crippen molar-refractivity contribution in [3.63, 3.8) is 0 Å². The minimum atomic E-state index is 0.0769. The lowest BCUT2D eigenvalue weighted by molar-refractivity contribution is 0.104. The maximum Gasteiger partial charge on any atom is 0.204 e. The quantitative estimate of drug-likeness (QED) is 0.770. The van der Waals surface area contributed by atoms with Crippen LogP contribution >= 0.6 is 11.3 Å². The summed E-state index contributed by atoms with van der Waals surface area (Å²) in [5.74, 6) is 0.0769. The SMILES string of the molecule is CCCc1ccc(C(=O)c2scnc2C)cc1. The second kappa shape index (κ2) is 5.23. The summed E-state index contributed by atoms with van der Waals surface area (Å²) in [5, 5.41) is 0. The van der Waals surface area contributed by atoms with E-state index in [1.165, 1.54) is 16.9 Å². The molecule has 3 heteroatoms. The molecule has 0 radical (unpaired) electrons. The maximum absolute atomic E-state index is 12.2. The normalized spacial score (nSPS) is 10.5. The van der Waals surface area contributed by atoms with Gasteiger partial charge in [0.05, 0.1) is 16.1 Å². The van der Waals surface area contributed by atoms with Crippen molar-refractivity contribution in [2.24, 2.45) is 0 Å².